The van der Waals surface area contributed by atoms with Gasteiger partial charge in [0.05, 0.1) is 6.61 Å². The second-order valence-electron chi connectivity index (χ2n) is 4.63. The number of hydrogen-bond donors (Lipinski definition) is 1. The summed E-state index contributed by atoms with van der Waals surface area (Å²) in [6, 6.07) is 8.59. The van der Waals surface area contributed by atoms with Gasteiger partial charge in [0.25, 0.3) is 0 Å². The SMILES string of the molecule is CC(OCCN1CCCc2ccccc21)C(N)=S. The number of para-hydroxylation sites is 1. The summed E-state index contributed by atoms with van der Waals surface area (Å²) in [4.78, 5) is 2.81. The van der Waals surface area contributed by atoms with Gasteiger partial charge in [0.15, 0.2) is 0 Å². The van der Waals surface area contributed by atoms with Crippen molar-refractivity contribution in [2.75, 3.05) is 24.6 Å². The van der Waals surface area contributed by atoms with Gasteiger partial charge < -0.3 is 15.4 Å². The zero-order chi connectivity index (χ0) is 13.0. The zero-order valence-corrected chi connectivity index (χ0v) is 11.6. The van der Waals surface area contributed by atoms with E-state index in [9.17, 15) is 0 Å². The number of hydrogen-bond acceptors (Lipinski definition) is 3. The number of aryl methyl sites for hydroxylation is 1. The molecule has 0 bridgehead atoms. The summed E-state index contributed by atoms with van der Waals surface area (Å²) in [5.74, 6) is 0. The number of nitrogens with zero attached hydrogens (tertiary/aromatic N) is 1. The summed E-state index contributed by atoms with van der Waals surface area (Å²) >= 11 is 4.89. The molecule has 0 fully saturated rings. The molecule has 0 radical (unpaired) electrons. The summed E-state index contributed by atoms with van der Waals surface area (Å²) in [5.41, 5.74) is 8.30. The van der Waals surface area contributed by atoms with Gasteiger partial charge in [0.2, 0.25) is 0 Å². The van der Waals surface area contributed by atoms with Gasteiger partial charge in [-0.1, -0.05) is 30.4 Å². The van der Waals surface area contributed by atoms with Crippen LogP contribution in [0.25, 0.3) is 0 Å². The standard InChI is InChI=1S/C14H20N2OS/c1-11(14(15)18)17-10-9-16-8-4-6-12-5-2-3-7-13(12)16/h2-3,5,7,11H,4,6,8-10H2,1H3,(H2,15,18). The molecule has 0 saturated carbocycles. The molecule has 0 aromatic heterocycles. The maximum absolute atomic E-state index is 5.61. The molecule has 18 heavy (non-hydrogen) atoms. The Morgan fingerprint density at radius 2 is 2.28 bits per heavy atom. The summed E-state index contributed by atoms with van der Waals surface area (Å²) in [6.07, 6.45) is 2.25. The Hall–Kier alpha value is -1.13. The highest BCUT2D eigenvalue weighted by molar-refractivity contribution is 7.80. The van der Waals surface area contributed by atoms with E-state index in [-0.39, 0.29) is 6.10 Å². The van der Waals surface area contributed by atoms with Gasteiger partial charge in [-0.15, -0.1) is 0 Å². The van der Waals surface area contributed by atoms with E-state index in [0.717, 1.165) is 13.1 Å². The van der Waals surface area contributed by atoms with E-state index in [1.54, 1.807) is 0 Å². The van der Waals surface area contributed by atoms with Crippen LogP contribution in [0.1, 0.15) is 18.9 Å². The Kier molecular flexibility index (Phi) is 4.55. The van der Waals surface area contributed by atoms with Crippen LogP contribution >= 0.6 is 12.2 Å². The average molecular weight is 264 g/mol. The molecular formula is C14H20N2OS. The lowest BCUT2D eigenvalue weighted by atomic mass is 10.0. The molecule has 1 aromatic carbocycles. The molecule has 0 amide bonds. The third-order valence-corrected chi connectivity index (χ3v) is 3.67. The van der Waals surface area contributed by atoms with E-state index in [1.807, 2.05) is 6.92 Å². The largest absolute Gasteiger partial charge is 0.391 e. The van der Waals surface area contributed by atoms with Crippen molar-refractivity contribution < 1.29 is 4.74 Å². The first-order valence-electron chi connectivity index (χ1n) is 6.42. The van der Waals surface area contributed by atoms with E-state index in [4.69, 9.17) is 22.7 Å². The maximum Gasteiger partial charge on any atom is 0.104 e. The topological polar surface area (TPSA) is 38.5 Å². The lowest BCUT2D eigenvalue weighted by Crippen LogP contribution is -2.35. The van der Waals surface area contributed by atoms with Crippen molar-refractivity contribution in [3.63, 3.8) is 0 Å². The van der Waals surface area contributed by atoms with Crippen LogP contribution in [0.2, 0.25) is 0 Å². The fraction of sp³-hybridized carbons (Fsp3) is 0.500. The molecule has 1 atom stereocenters. The van der Waals surface area contributed by atoms with E-state index >= 15 is 0 Å². The van der Waals surface area contributed by atoms with Gasteiger partial charge in [-0.3, -0.25) is 0 Å². The zero-order valence-electron chi connectivity index (χ0n) is 10.8. The molecule has 2 rings (SSSR count). The third kappa shape index (κ3) is 3.21. The molecule has 1 heterocycles. The average Bonchev–Trinajstić information content (AvgIpc) is 2.38. The van der Waals surface area contributed by atoms with Gasteiger partial charge in [-0.25, -0.2) is 0 Å². The van der Waals surface area contributed by atoms with Crippen LogP contribution in [-0.4, -0.2) is 30.8 Å². The van der Waals surface area contributed by atoms with Crippen molar-refractivity contribution in [1.29, 1.82) is 0 Å². The summed E-state index contributed by atoms with van der Waals surface area (Å²) < 4.78 is 5.61. The molecule has 2 N–H and O–H groups in total. The minimum atomic E-state index is -0.139. The molecule has 1 unspecified atom stereocenters. The second-order valence-corrected chi connectivity index (χ2v) is 5.11. The Labute approximate surface area is 114 Å². The van der Waals surface area contributed by atoms with Crippen molar-refractivity contribution in [2.24, 2.45) is 5.73 Å². The molecule has 4 heteroatoms. The van der Waals surface area contributed by atoms with Gasteiger partial charge in [-0.05, 0) is 31.4 Å². The quantitative estimate of drug-likeness (QED) is 0.827. The first-order valence-corrected chi connectivity index (χ1v) is 6.83. The van der Waals surface area contributed by atoms with Gasteiger partial charge >= 0.3 is 0 Å². The van der Waals surface area contributed by atoms with Gasteiger partial charge in [0.1, 0.15) is 11.1 Å². The monoisotopic (exact) mass is 264 g/mol. The predicted molar refractivity (Wildman–Crippen MR) is 79.2 cm³/mol. The number of benzene rings is 1. The van der Waals surface area contributed by atoms with E-state index in [2.05, 4.69) is 29.2 Å². The molecule has 1 aromatic rings. The Bertz CT molecular complexity index is 422. The number of ether oxygens (including phenoxy) is 1. The van der Waals surface area contributed by atoms with Crippen molar-refractivity contribution >= 4 is 22.9 Å². The van der Waals surface area contributed by atoms with E-state index in [0.29, 0.717) is 11.6 Å². The van der Waals surface area contributed by atoms with Crippen LogP contribution in [0.15, 0.2) is 24.3 Å². The molecular weight excluding hydrogens is 244 g/mol. The van der Waals surface area contributed by atoms with Crippen LogP contribution in [0.4, 0.5) is 5.69 Å². The fourth-order valence-corrected chi connectivity index (χ4v) is 2.33. The van der Waals surface area contributed by atoms with E-state index < -0.39 is 0 Å². The Morgan fingerprint density at radius 1 is 1.50 bits per heavy atom. The molecule has 0 saturated heterocycles. The molecule has 3 nitrogen and oxygen atoms in total. The maximum atomic E-state index is 5.61. The van der Waals surface area contributed by atoms with Crippen LogP contribution in [0.3, 0.4) is 0 Å². The summed E-state index contributed by atoms with van der Waals surface area (Å²) in [5, 5.41) is 0. The molecule has 0 aliphatic carbocycles. The van der Waals surface area contributed by atoms with Crippen molar-refractivity contribution in [1.82, 2.24) is 0 Å². The number of anilines is 1. The summed E-state index contributed by atoms with van der Waals surface area (Å²) in [6.45, 7) is 4.55. The van der Waals surface area contributed by atoms with E-state index in [1.165, 1.54) is 24.1 Å². The highest BCUT2D eigenvalue weighted by atomic mass is 32.1. The van der Waals surface area contributed by atoms with Crippen molar-refractivity contribution in [3.05, 3.63) is 29.8 Å². The van der Waals surface area contributed by atoms with Crippen molar-refractivity contribution in [3.8, 4) is 0 Å². The highest BCUT2D eigenvalue weighted by Gasteiger charge is 2.16. The third-order valence-electron chi connectivity index (χ3n) is 3.34. The normalized spacial score (nSPS) is 16.2. The predicted octanol–water partition coefficient (Wildman–Crippen LogP) is 2.13. The molecule has 98 valence electrons. The van der Waals surface area contributed by atoms with Crippen LogP contribution in [0, 0.1) is 0 Å². The highest BCUT2D eigenvalue weighted by Crippen LogP contribution is 2.26. The second kappa shape index (κ2) is 6.16. The number of thiocarbonyl (C=S) groups is 1. The van der Waals surface area contributed by atoms with Crippen LogP contribution in [-0.2, 0) is 11.2 Å². The molecule has 1 aliphatic heterocycles. The Morgan fingerprint density at radius 3 is 3.06 bits per heavy atom. The fourth-order valence-electron chi connectivity index (χ4n) is 2.27. The first kappa shape index (κ1) is 13.3. The Balaban J connectivity index is 1.90. The minimum absolute atomic E-state index is 0.139. The van der Waals surface area contributed by atoms with Gasteiger partial charge in [0, 0.05) is 18.8 Å². The lowest BCUT2D eigenvalue weighted by molar-refractivity contribution is 0.116. The van der Waals surface area contributed by atoms with Crippen LogP contribution < -0.4 is 10.6 Å². The minimum Gasteiger partial charge on any atom is -0.391 e. The van der Waals surface area contributed by atoms with Crippen molar-refractivity contribution in [2.45, 2.75) is 25.9 Å². The van der Waals surface area contributed by atoms with Gasteiger partial charge in [-0.2, -0.15) is 0 Å². The number of nitrogens with two attached hydrogens (primary N) is 1. The lowest BCUT2D eigenvalue weighted by Gasteiger charge is -2.31. The van der Waals surface area contributed by atoms with Crippen LogP contribution in [0.5, 0.6) is 0 Å². The number of fused-ring (bicyclic) bond motifs is 1. The smallest absolute Gasteiger partial charge is 0.104 e. The summed E-state index contributed by atoms with van der Waals surface area (Å²) in [7, 11) is 0. The molecule has 1 aliphatic rings. The number of rotatable bonds is 5. The molecule has 0 spiro atoms. The first-order chi connectivity index (χ1) is 8.68.